The predicted molar refractivity (Wildman–Crippen MR) is 154 cm³/mol. The lowest BCUT2D eigenvalue weighted by atomic mass is 10.1. The number of aromatic nitrogens is 3. The lowest BCUT2D eigenvalue weighted by molar-refractivity contribution is 0.534. The van der Waals surface area contributed by atoms with Gasteiger partial charge in [0.25, 0.3) is 0 Å². The first kappa shape index (κ1) is 26.9. The number of thioether (sulfide) groups is 1. The molecule has 0 bridgehead atoms. The Kier molecular flexibility index (Phi) is 8.30. The molecule has 5 aromatic rings. The van der Waals surface area contributed by atoms with Gasteiger partial charge in [-0.1, -0.05) is 90.1 Å². The van der Waals surface area contributed by atoms with Gasteiger partial charge in [0.05, 0.1) is 23.3 Å². The summed E-state index contributed by atoms with van der Waals surface area (Å²) >= 11 is 1.56. The van der Waals surface area contributed by atoms with E-state index < -0.39 is 16.1 Å². The maximum absolute atomic E-state index is 13.2. The van der Waals surface area contributed by atoms with E-state index in [1.165, 1.54) is 0 Å². The van der Waals surface area contributed by atoms with Gasteiger partial charge in [0.2, 0.25) is 10.0 Å². The van der Waals surface area contributed by atoms with Gasteiger partial charge < -0.3 is 4.42 Å². The lowest BCUT2D eigenvalue weighted by Crippen LogP contribution is -2.29. The third kappa shape index (κ3) is 6.50. The van der Waals surface area contributed by atoms with Crippen molar-refractivity contribution >= 4 is 21.8 Å². The first-order valence-electron chi connectivity index (χ1n) is 12.7. The zero-order chi connectivity index (χ0) is 27.2. The van der Waals surface area contributed by atoms with Gasteiger partial charge in [-0.25, -0.2) is 13.1 Å². The van der Waals surface area contributed by atoms with Crippen molar-refractivity contribution in [1.82, 2.24) is 19.5 Å². The Morgan fingerprint density at radius 1 is 0.897 bits per heavy atom. The van der Waals surface area contributed by atoms with Gasteiger partial charge in [-0.2, -0.15) is 0 Å². The Morgan fingerprint density at radius 2 is 1.59 bits per heavy atom. The van der Waals surface area contributed by atoms with Gasteiger partial charge in [-0.05, 0) is 49.6 Å². The fourth-order valence-corrected chi connectivity index (χ4v) is 6.54. The predicted octanol–water partition coefficient (Wildman–Crippen LogP) is 6.41. The van der Waals surface area contributed by atoms with E-state index in [0.29, 0.717) is 18.7 Å². The molecule has 9 heteroatoms. The molecule has 200 valence electrons. The molecule has 2 heterocycles. The molecule has 0 unspecified atom stereocenters. The van der Waals surface area contributed by atoms with Crippen molar-refractivity contribution in [1.29, 1.82) is 0 Å². The molecule has 0 fully saturated rings. The van der Waals surface area contributed by atoms with Crippen molar-refractivity contribution in [3.8, 4) is 11.4 Å². The van der Waals surface area contributed by atoms with E-state index >= 15 is 0 Å². The van der Waals surface area contributed by atoms with Crippen molar-refractivity contribution in [3.63, 3.8) is 0 Å². The molecule has 2 aromatic heterocycles. The van der Waals surface area contributed by atoms with Crippen LogP contribution in [0.25, 0.3) is 11.4 Å². The van der Waals surface area contributed by atoms with Crippen LogP contribution in [-0.2, 0) is 16.6 Å². The lowest BCUT2D eigenvalue weighted by Gasteiger charge is -2.19. The molecule has 0 amide bonds. The van der Waals surface area contributed by atoms with Crippen LogP contribution in [0.15, 0.2) is 112 Å². The smallest absolute Gasteiger partial charge is 0.241 e. The quantitative estimate of drug-likeness (QED) is 0.189. The first-order valence-corrected chi connectivity index (χ1v) is 15.2. The summed E-state index contributed by atoms with van der Waals surface area (Å²) in [6, 6.07) is 28.2. The van der Waals surface area contributed by atoms with Crippen LogP contribution in [0.1, 0.15) is 34.9 Å². The summed E-state index contributed by atoms with van der Waals surface area (Å²) in [6.45, 7) is 4.45. The van der Waals surface area contributed by atoms with E-state index in [1.54, 1.807) is 42.3 Å². The van der Waals surface area contributed by atoms with Gasteiger partial charge in [0.1, 0.15) is 5.76 Å². The number of hydrogen-bond acceptors (Lipinski definition) is 6. The Hall–Kier alpha value is -3.66. The highest BCUT2D eigenvalue weighted by Gasteiger charge is 2.23. The Labute approximate surface area is 233 Å². The van der Waals surface area contributed by atoms with Crippen molar-refractivity contribution in [3.05, 3.63) is 120 Å². The van der Waals surface area contributed by atoms with Gasteiger partial charge in [-0.15, -0.1) is 10.2 Å². The van der Waals surface area contributed by atoms with Crippen LogP contribution in [0.4, 0.5) is 0 Å². The van der Waals surface area contributed by atoms with Crippen LogP contribution < -0.4 is 4.72 Å². The summed E-state index contributed by atoms with van der Waals surface area (Å²) in [6.07, 6.45) is 2.22. The highest BCUT2D eigenvalue weighted by Crippen LogP contribution is 2.30. The second kappa shape index (κ2) is 12.0. The van der Waals surface area contributed by atoms with Crippen LogP contribution in [-0.4, -0.2) is 28.9 Å². The van der Waals surface area contributed by atoms with Crippen LogP contribution in [0.3, 0.4) is 0 Å². The number of hydrogen-bond donors (Lipinski definition) is 1. The number of nitrogens with zero attached hydrogens (tertiary/aromatic N) is 3. The molecule has 0 spiro atoms. The molecule has 0 saturated carbocycles. The molecule has 0 radical (unpaired) electrons. The van der Waals surface area contributed by atoms with Crippen molar-refractivity contribution < 1.29 is 12.8 Å². The van der Waals surface area contributed by atoms with E-state index in [9.17, 15) is 8.42 Å². The van der Waals surface area contributed by atoms with Crippen LogP contribution in [0.5, 0.6) is 0 Å². The molecule has 39 heavy (non-hydrogen) atoms. The molecule has 7 nitrogen and oxygen atoms in total. The fourth-order valence-electron chi connectivity index (χ4n) is 4.34. The largest absolute Gasteiger partial charge is 0.469 e. The maximum Gasteiger partial charge on any atom is 0.241 e. The van der Waals surface area contributed by atoms with Crippen LogP contribution in [0.2, 0.25) is 0 Å². The van der Waals surface area contributed by atoms with Gasteiger partial charge in [0.15, 0.2) is 11.0 Å². The maximum atomic E-state index is 13.2. The number of rotatable bonds is 11. The standard InChI is InChI=1S/C30H30N4O3S2/c1-22-13-15-26(16-14-22)39(35,36)33-28(25-11-7-4-8-12-25)18-20-38-30-32-31-29(27-17-19-37-23(27)2)34(30)21-24-9-5-3-6-10-24/h3-17,19,28,33H,18,20-21H2,1-2H3/t28-/m1/s1. The summed E-state index contributed by atoms with van der Waals surface area (Å²) in [4.78, 5) is 0.254. The molecule has 0 aliphatic rings. The van der Waals surface area contributed by atoms with Crippen LogP contribution in [0, 0.1) is 13.8 Å². The molecule has 0 aliphatic carbocycles. The van der Waals surface area contributed by atoms with E-state index in [1.807, 2.05) is 68.4 Å². The number of benzene rings is 3. The van der Waals surface area contributed by atoms with Crippen molar-refractivity contribution in [2.75, 3.05) is 5.75 Å². The molecule has 0 aliphatic heterocycles. The molecular weight excluding hydrogens is 528 g/mol. The van der Waals surface area contributed by atoms with E-state index in [-0.39, 0.29) is 4.90 Å². The zero-order valence-corrected chi connectivity index (χ0v) is 23.5. The third-order valence-electron chi connectivity index (χ3n) is 6.47. The highest BCUT2D eigenvalue weighted by molar-refractivity contribution is 7.99. The Morgan fingerprint density at radius 3 is 2.26 bits per heavy atom. The SMILES string of the molecule is Cc1ccc(S(=O)(=O)N[C@H](CCSc2nnc(-c3ccoc3C)n2Cc2ccccc2)c2ccccc2)cc1. The van der Waals surface area contributed by atoms with Crippen LogP contribution >= 0.6 is 11.8 Å². The molecular formula is C30H30N4O3S2. The minimum atomic E-state index is -3.70. The summed E-state index contributed by atoms with van der Waals surface area (Å²) in [5, 5.41) is 9.77. The monoisotopic (exact) mass is 558 g/mol. The number of nitrogens with one attached hydrogen (secondary N) is 1. The fraction of sp³-hybridized carbons (Fsp3) is 0.200. The average molecular weight is 559 g/mol. The second-order valence-electron chi connectivity index (χ2n) is 9.30. The van der Waals surface area contributed by atoms with E-state index in [0.717, 1.165) is 39.0 Å². The molecule has 3 aromatic carbocycles. The zero-order valence-electron chi connectivity index (χ0n) is 21.8. The average Bonchev–Trinajstić information content (AvgIpc) is 3.54. The number of furan rings is 1. The molecule has 1 N–H and O–H groups in total. The number of aryl methyl sites for hydroxylation is 2. The van der Waals surface area contributed by atoms with Crippen molar-refractivity contribution in [2.45, 2.75) is 42.9 Å². The summed E-state index contributed by atoms with van der Waals surface area (Å²) in [7, 11) is -3.70. The molecule has 0 saturated heterocycles. The normalized spacial score (nSPS) is 12.5. The van der Waals surface area contributed by atoms with Gasteiger partial charge in [-0.3, -0.25) is 4.57 Å². The van der Waals surface area contributed by atoms with E-state index in [4.69, 9.17) is 4.42 Å². The van der Waals surface area contributed by atoms with E-state index in [2.05, 4.69) is 31.6 Å². The minimum Gasteiger partial charge on any atom is -0.469 e. The first-order chi connectivity index (χ1) is 18.9. The van der Waals surface area contributed by atoms with Gasteiger partial charge >= 0.3 is 0 Å². The molecule has 5 rings (SSSR count). The third-order valence-corrected chi connectivity index (χ3v) is 8.96. The number of sulfonamides is 1. The summed E-state index contributed by atoms with van der Waals surface area (Å²) < 4.78 is 37.0. The topological polar surface area (TPSA) is 90.0 Å². The van der Waals surface area contributed by atoms with Gasteiger partial charge in [0, 0.05) is 11.8 Å². The summed E-state index contributed by atoms with van der Waals surface area (Å²) in [5.41, 5.74) is 3.96. The highest BCUT2D eigenvalue weighted by atomic mass is 32.2. The summed E-state index contributed by atoms with van der Waals surface area (Å²) in [5.74, 6) is 2.16. The minimum absolute atomic E-state index is 0.254. The molecule has 1 atom stereocenters. The van der Waals surface area contributed by atoms with Crippen molar-refractivity contribution in [2.24, 2.45) is 0 Å². The second-order valence-corrected chi connectivity index (χ2v) is 12.1. The Bertz CT molecular complexity index is 1610. The Balaban J connectivity index is 1.37.